The Morgan fingerprint density at radius 2 is 2.18 bits per heavy atom. The summed E-state index contributed by atoms with van der Waals surface area (Å²) in [7, 11) is 1.66. The molecule has 0 heterocycles. The molecule has 0 saturated heterocycles. The van der Waals surface area contributed by atoms with Gasteiger partial charge in [0.05, 0.1) is 12.6 Å². The van der Waals surface area contributed by atoms with Gasteiger partial charge in [-0.2, -0.15) is 4.99 Å². The third-order valence-corrected chi connectivity index (χ3v) is 3.59. The Hall–Kier alpha value is -1.60. The van der Waals surface area contributed by atoms with Crippen molar-refractivity contribution in [3.05, 3.63) is 29.3 Å². The van der Waals surface area contributed by atoms with Gasteiger partial charge in [0.1, 0.15) is 5.75 Å². The van der Waals surface area contributed by atoms with Gasteiger partial charge in [-0.15, -0.1) is 0 Å². The highest BCUT2D eigenvalue weighted by molar-refractivity contribution is 5.43. The number of rotatable bonds is 4. The Balaban J connectivity index is 2.46. The van der Waals surface area contributed by atoms with Crippen LogP contribution >= 0.6 is 0 Å². The van der Waals surface area contributed by atoms with Gasteiger partial charge in [-0.25, -0.2) is 4.79 Å². The third kappa shape index (κ3) is 2.11. The maximum atomic E-state index is 10.6. The molecule has 17 heavy (non-hydrogen) atoms. The van der Waals surface area contributed by atoms with Crippen LogP contribution in [-0.2, 0) is 16.8 Å². The van der Waals surface area contributed by atoms with Crippen molar-refractivity contribution >= 4 is 6.08 Å². The van der Waals surface area contributed by atoms with E-state index in [1.807, 2.05) is 12.1 Å². The van der Waals surface area contributed by atoms with Crippen LogP contribution in [0.4, 0.5) is 0 Å². The molecule has 1 saturated carbocycles. The number of hydrogen-bond donors (Lipinski definition) is 0. The van der Waals surface area contributed by atoms with Gasteiger partial charge in [0.15, 0.2) is 0 Å². The Morgan fingerprint density at radius 1 is 1.41 bits per heavy atom. The minimum absolute atomic E-state index is 0.333. The number of aliphatic imine (C=N–C) groups is 1. The standard InChI is InChI=1S/C14H17NO2/c1-3-11-7-12(9-13(8-11)17-2)14(15-10-16)5-4-6-14/h7-9H,3-6H2,1-2H3. The van der Waals surface area contributed by atoms with Gasteiger partial charge in [-0.1, -0.05) is 13.0 Å². The fourth-order valence-electron chi connectivity index (χ4n) is 2.32. The summed E-state index contributed by atoms with van der Waals surface area (Å²) in [6.07, 6.45) is 5.64. The molecular formula is C14H17NO2. The van der Waals surface area contributed by atoms with E-state index in [0.29, 0.717) is 0 Å². The van der Waals surface area contributed by atoms with E-state index in [1.165, 1.54) is 5.56 Å². The van der Waals surface area contributed by atoms with Crippen molar-refractivity contribution in [2.75, 3.05) is 7.11 Å². The van der Waals surface area contributed by atoms with E-state index in [4.69, 9.17) is 4.74 Å². The molecule has 0 atom stereocenters. The highest BCUT2D eigenvalue weighted by atomic mass is 16.5. The zero-order valence-corrected chi connectivity index (χ0v) is 10.3. The first-order chi connectivity index (χ1) is 8.24. The minimum atomic E-state index is -0.333. The van der Waals surface area contributed by atoms with Crippen molar-refractivity contribution in [1.82, 2.24) is 0 Å². The molecule has 2 rings (SSSR count). The van der Waals surface area contributed by atoms with E-state index in [9.17, 15) is 4.79 Å². The lowest BCUT2D eigenvalue weighted by Crippen LogP contribution is -2.32. The maximum absolute atomic E-state index is 10.6. The van der Waals surface area contributed by atoms with Crippen molar-refractivity contribution in [2.45, 2.75) is 38.1 Å². The molecule has 0 amide bonds. The van der Waals surface area contributed by atoms with Crippen LogP contribution in [0, 0.1) is 0 Å². The maximum Gasteiger partial charge on any atom is 0.235 e. The van der Waals surface area contributed by atoms with Gasteiger partial charge in [-0.3, -0.25) is 0 Å². The summed E-state index contributed by atoms with van der Waals surface area (Å²) >= 11 is 0. The zero-order valence-electron chi connectivity index (χ0n) is 10.3. The summed E-state index contributed by atoms with van der Waals surface area (Å²) < 4.78 is 5.30. The molecule has 3 heteroatoms. The summed E-state index contributed by atoms with van der Waals surface area (Å²) in [6, 6.07) is 6.14. The van der Waals surface area contributed by atoms with E-state index >= 15 is 0 Å². The summed E-state index contributed by atoms with van der Waals surface area (Å²) in [5, 5.41) is 0. The Labute approximate surface area is 102 Å². The fraction of sp³-hybridized carbons (Fsp3) is 0.500. The first-order valence-electron chi connectivity index (χ1n) is 6.01. The quantitative estimate of drug-likeness (QED) is 0.590. The number of methoxy groups -OCH3 is 1. The van der Waals surface area contributed by atoms with Crippen LogP contribution in [0.25, 0.3) is 0 Å². The van der Waals surface area contributed by atoms with E-state index in [1.54, 1.807) is 13.2 Å². The molecule has 0 radical (unpaired) electrons. The molecule has 1 fully saturated rings. The third-order valence-electron chi connectivity index (χ3n) is 3.59. The molecule has 90 valence electrons. The van der Waals surface area contributed by atoms with E-state index in [-0.39, 0.29) is 5.54 Å². The molecular weight excluding hydrogens is 214 g/mol. The van der Waals surface area contributed by atoms with Crippen molar-refractivity contribution in [2.24, 2.45) is 4.99 Å². The minimum Gasteiger partial charge on any atom is -0.497 e. The largest absolute Gasteiger partial charge is 0.497 e. The van der Waals surface area contributed by atoms with Crippen LogP contribution < -0.4 is 4.74 Å². The molecule has 0 unspecified atom stereocenters. The van der Waals surface area contributed by atoms with Crippen LogP contribution in [-0.4, -0.2) is 13.2 Å². The van der Waals surface area contributed by atoms with Gasteiger partial charge >= 0.3 is 0 Å². The Morgan fingerprint density at radius 3 is 2.65 bits per heavy atom. The number of isocyanates is 1. The number of aryl methyl sites for hydroxylation is 1. The number of nitrogens with zero attached hydrogens (tertiary/aromatic N) is 1. The van der Waals surface area contributed by atoms with Gasteiger partial charge in [0.2, 0.25) is 6.08 Å². The van der Waals surface area contributed by atoms with Crippen molar-refractivity contribution in [3.8, 4) is 5.75 Å². The lowest BCUT2D eigenvalue weighted by Gasteiger charge is -2.37. The van der Waals surface area contributed by atoms with Gasteiger partial charge < -0.3 is 4.74 Å². The first kappa shape index (κ1) is 11.9. The van der Waals surface area contributed by atoms with Gasteiger partial charge in [0, 0.05) is 0 Å². The summed E-state index contributed by atoms with van der Waals surface area (Å²) in [6.45, 7) is 2.11. The normalized spacial score (nSPS) is 16.8. The molecule has 1 aromatic rings. The predicted molar refractivity (Wildman–Crippen MR) is 66.0 cm³/mol. The van der Waals surface area contributed by atoms with Crippen molar-refractivity contribution in [1.29, 1.82) is 0 Å². The average molecular weight is 231 g/mol. The van der Waals surface area contributed by atoms with Gasteiger partial charge in [-0.05, 0) is 48.9 Å². The summed E-state index contributed by atoms with van der Waals surface area (Å²) in [5.41, 5.74) is 1.97. The topological polar surface area (TPSA) is 38.7 Å². The van der Waals surface area contributed by atoms with Gasteiger partial charge in [0.25, 0.3) is 0 Å². The molecule has 1 aromatic carbocycles. The highest BCUT2D eigenvalue weighted by Gasteiger charge is 2.39. The first-order valence-corrected chi connectivity index (χ1v) is 6.01. The van der Waals surface area contributed by atoms with Crippen LogP contribution in [0.5, 0.6) is 5.75 Å². The molecule has 1 aliphatic carbocycles. The molecule has 1 aliphatic rings. The van der Waals surface area contributed by atoms with E-state index < -0.39 is 0 Å². The summed E-state index contributed by atoms with van der Waals surface area (Å²) in [4.78, 5) is 14.6. The monoisotopic (exact) mass is 231 g/mol. The lowest BCUT2D eigenvalue weighted by atomic mass is 9.72. The number of ether oxygens (including phenoxy) is 1. The number of hydrogen-bond acceptors (Lipinski definition) is 3. The molecule has 0 aromatic heterocycles. The zero-order chi connectivity index (χ0) is 12.3. The molecule has 3 nitrogen and oxygen atoms in total. The second-order valence-corrected chi connectivity index (χ2v) is 4.51. The predicted octanol–water partition coefficient (Wildman–Crippen LogP) is 2.97. The molecule has 0 aliphatic heterocycles. The number of carbonyl (C=O) groups excluding carboxylic acids is 1. The lowest BCUT2D eigenvalue weighted by molar-refractivity contribution is 0.255. The Kier molecular flexibility index (Phi) is 3.30. The van der Waals surface area contributed by atoms with Crippen molar-refractivity contribution < 1.29 is 9.53 Å². The SMILES string of the molecule is CCc1cc(OC)cc(C2(N=C=O)CCC2)c1. The van der Waals surface area contributed by atoms with Crippen molar-refractivity contribution in [3.63, 3.8) is 0 Å². The number of benzene rings is 1. The average Bonchev–Trinajstić information content (AvgIpc) is 2.33. The molecule has 0 bridgehead atoms. The second-order valence-electron chi connectivity index (χ2n) is 4.51. The Bertz CT molecular complexity index is 435. The molecule has 0 N–H and O–H groups in total. The highest BCUT2D eigenvalue weighted by Crippen LogP contribution is 2.45. The van der Waals surface area contributed by atoms with Crippen LogP contribution in [0.3, 0.4) is 0 Å². The smallest absolute Gasteiger partial charge is 0.235 e. The fourth-order valence-corrected chi connectivity index (χ4v) is 2.32. The second kappa shape index (κ2) is 4.72. The van der Waals surface area contributed by atoms with Crippen LogP contribution in [0.15, 0.2) is 23.2 Å². The molecule has 0 spiro atoms. The van der Waals surface area contributed by atoms with Crippen LogP contribution in [0.1, 0.15) is 37.3 Å². The van der Waals surface area contributed by atoms with E-state index in [0.717, 1.165) is 37.0 Å². The summed E-state index contributed by atoms with van der Waals surface area (Å²) in [5.74, 6) is 0.840. The van der Waals surface area contributed by atoms with E-state index in [2.05, 4.69) is 18.0 Å². The van der Waals surface area contributed by atoms with Crippen LogP contribution in [0.2, 0.25) is 0 Å².